The van der Waals surface area contributed by atoms with Crippen molar-refractivity contribution in [1.29, 1.82) is 0 Å². The van der Waals surface area contributed by atoms with Crippen LogP contribution in [0.1, 0.15) is 50.5 Å². The summed E-state index contributed by atoms with van der Waals surface area (Å²) in [5.41, 5.74) is 3.99. The lowest BCUT2D eigenvalue weighted by Crippen LogP contribution is -2.39. The minimum absolute atomic E-state index is 0.247. The first kappa shape index (κ1) is 21.5. The maximum absolute atomic E-state index is 13.1. The van der Waals surface area contributed by atoms with Gasteiger partial charge in [0.2, 0.25) is 12.4 Å². The van der Waals surface area contributed by atoms with Gasteiger partial charge < -0.3 is 14.8 Å². The second-order valence-corrected chi connectivity index (χ2v) is 9.24. The summed E-state index contributed by atoms with van der Waals surface area (Å²) in [6.45, 7) is 3.13. The second kappa shape index (κ2) is 8.35. The zero-order valence-corrected chi connectivity index (χ0v) is 18.9. The first-order chi connectivity index (χ1) is 16.5. The molecular weight excluding hydrogens is 442 g/mol. The van der Waals surface area contributed by atoms with Crippen LogP contribution in [-0.2, 0) is 9.47 Å². The van der Waals surface area contributed by atoms with Gasteiger partial charge in [-0.05, 0) is 31.9 Å². The first-order valence-electron chi connectivity index (χ1n) is 11.7. The van der Waals surface area contributed by atoms with Gasteiger partial charge in [0.15, 0.2) is 11.6 Å². The van der Waals surface area contributed by atoms with Crippen molar-refractivity contribution in [2.75, 3.05) is 18.5 Å². The maximum Gasteiger partial charge on any atom is 0.241 e. The largest absolute Gasteiger partial charge is 0.350 e. The molecule has 3 aliphatic rings. The molecule has 0 radical (unpaired) electrons. The molecule has 0 unspecified atom stereocenters. The molecule has 3 aromatic rings. The monoisotopic (exact) mass is 468 g/mol. The molecule has 178 valence electrons. The topological polar surface area (TPSA) is 85.9 Å². The number of aliphatic imine (C=N–C) groups is 1. The van der Waals surface area contributed by atoms with Gasteiger partial charge >= 0.3 is 0 Å². The van der Waals surface area contributed by atoms with E-state index in [4.69, 9.17) is 9.47 Å². The fourth-order valence-corrected chi connectivity index (χ4v) is 5.30. The van der Waals surface area contributed by atoms with E-state index < -0.39 is 12.3 Å². The van der Waals surface area contributed by atoms with Crippen LogP contribution < -0.4 is 5.32 Å². The minimum Gasteiger partial charge on any atom is -0.350 e. The van der Waals surface area contributed by atoms with Crippen LogP contribution in [0, 0.1) is 0 Å². The molecule has 10 heteroatoms. The van der Waals surface area contributed by atoms with Gasteiger partial charge in [0, 0.05) is 66.0 Å². The third kappa shape index (κ3) is 3.84. The average Bonchev–Trinajstić information content (AvgIpc) is 3.53. The Bertz CT molecular complexity index is 1240. The van der Waals surface area contributed by atoms with Crippen LogP contribution >= 0.6 is 0 Å². The summed E-state index contributed by atoms with van der Waals surface area (Å²) >= 11 is 0. The Kier molecular flexibility index (Phi) is 5.29. The predicted octanol–water partition coefficient (Wildman–Crippen LogP) is 4.73. The van der Waals surface area contributed by atoms with Crippen molar-refractivity contribution in [2.24, 2.45) is 4.99 Å². The van der Waals surface area contributed by atoms with Gasteiger partial charge in [-0.15, -0.1) is 5.10 Å². The van der Waals surface area contributed by atoms with E-state index in [0.29, 0.717) is 30.7 Å². The van der Waals surface area contributed by atoms with Gasteiger partial charge in [-0.2, -0.15) is 0 Å². The third-order valence-corrected chi connectivity index (χ3v) is 7.09. The molecule has 1 saturated carbocycles. The molecular formula is C24H26F2N6O2. The van der Waals surface area contributed by atoms with Gasteiger partial charge in [0.1, 0.15) is 0 Å². The van der Waals surface area contributed by atoms with Crippen molar-refractivity contribution in [3.05, 3.63) is 36.3 Å². The normalized spacial score (nSPS) is 22.0. The summed E-state index contributed by atoms with van der Waals surface area (Å²) < 4.78 is 39.6. The highest BCUT2D eigenvalue weighted by Gasteiger charge is 2.40. The number of nitrogens with zero attached hydrogens (tertiary/aromatic N) is 5. The third-order valence-electron chi connectivity index (χ3n) is 7.09. The molecule has 5 heterocycles. The Balaban J connectivity index is 1.21. The van der Waals surface area contributed by atoms with Crippen LogP contribution in [0.3, 0.4) is 0 Å². The Hall–Kier alpha value is -2.98. The Labute approximate surface area is 195 Å². The number of fused-ring (bicyclic) bond motifs is 2. The number of rotatable bonds is 5. The van der Waals surface area contributed by atoms with Gasteiger partial charge in [-0.3, -0.25) is 0 Å². The first-order valence-corrected chi connectivity index (χ1v) is 11.7. The van der Waals surface area contributed by atoms with Gasteiger partial charge in [0.25, 0.3) is 0 Å². The number of anilines is 1. The number of pyridine rings is 1. The summed E-state index contributed by atoms with van der Waals surface area (Å²) in [5, 5.41) is 8.07. The molecule has 3 aromatic heterocycles. The number of halogens is 2. The molecule has 0 bridgehead atoms. The summed E-state index contributed by atoms with van der Waals surface area (Å²) in [5.74, 6) is 0.302. The SMILES string of the molecule is CC1=Nc2ncc(-c3ccn4nc(NC5CCC6(CC5)OCCO6)ncc34)cc2[C@@H]1CC(F)F. The van der Waals surface area contributed by atoms with Gasteiger partial charge in [-0.25, -0.2) is 28.3 Å². The smallest absolute Gasteiger partial charge is 0.241 e. The fourth-order valence-electron chi connectivity index (χ4n) is 5.30. The number of hydrogen-bond acceptors (Lipinski definition) is 7. The zero-order valence-electron chi connectivity index (χ0n) is 18.9. The van der Waals surface area contributed by atoms with Crippen molar-refractivity contribution in [1.82, 2.24) is 19.6 Å². The molecule has 1 atom stereocenters. The second-order valence-electron chi connectivity index (χ2n) is 9.24. The summed E-state index contributed by atoms with van der Waals surface area (Å²) in [4.78, 5) is 13.4. The highest BCUT2D eigenvalue weighted by molar-refractivity contribution is 5.96. The van der Waals surface area contributed by atoms with E-state index >= 15 is 0 Å². The van der Waals surface area contributed by atoms with Gasteiger partial charge in [-0.1, -0.05) is 0 Å². The molecule has 8 nitrogen and oxygen atoms in total. The predicted molar refractivity (Wildman–Crippen MR) is 123 cm³/mol. The number of hydrogen-bond donors (Lipinski definition) is 1. The molecule has 0 aromatic carbocycles. The summed E-state index contributed by atoms with van der Waals surface area (Å²) in [7, 11) is 0. The van der Waals surface area contributed by atoms with Crippen molar-refractivity contribution in [2.45, 2.75) is 63.2 Å². The molecule has 1 saturated heterocycles. The van der Waals surface area contributed by atoms with Crippen molar-refractivity contribution in [3.63, 3.8) is 0 Å². The Morgan fingerprint density at radius 2 is 1.97 bits per heavy atom. The minimum atomic E-state index is -2.40. The highest BCUT2D eigenvalue weighted by atomic mass is 19.3. The van der Waals surface area contributed by atoms with E-state index in [1.165, 1.54) is 0 Å². The van der Waals surface area contributed by atoms with E-state index in [2.05, 4.69) is 25.4 Å². The van der Waals surface area contributed by atoms with Crippen molar-refractivity contribution in [3.8, 4) is 11.1 Å². The number of aromatic nitrogens is 4. The van der Waals surface area contributed by atoms with E-state index in [1.807, 2.05) is 18.3 Å². The Morgan fingerprint density at radius 3 is 2.74 bits per heavy atom. The average molecular weight is 469 g/mol. The van der Waals surface area contributed by atoms with Crippen molar-refractivity contribution < 1.29 is 18.3 Å². The van der Waals surface area contributed by atoms with Crippen LogP contribution in [0.2, 0.25) is 0 Å². The van der Waals surface area contributed by atoms with Crippen LogP contribution in [0.25, 0.3) is 16.6 Å². The van der Waals surface area contributed by atoms with E-state index in [1.54, 1.807) is 23.8 Å². The molecule has 0 amide bonds. The van der Waals surface area contributed by atoms with E-state index in [0.717, 1.165) is 47.9 Å². The van der Waals surface area contributed by atoms with Crippen molar-refractivity contribution >= 4 is 23.0 Å². The molecule has 34 heavy (non-hydrogen) atoms. The fraction of sp³-hybridized carbons (Fsp3) is 0.500. The number of ether oxygens (including phenoxy) is 2. The zero-order chi connectivity index (χ0) is 23.3. The highest BCUT2D eigenvalue weighted by Crippen LogP contribution is 2.40. The van der Waals surface area contributed by atoms with E-state index in [9.17, 15) is 8.78 Å². The molecule has 2 fully saturated rings. The summed E-state index contributed by atoms with van der Waals surface area (Å²) in [6, 6.07) is 4.13. The molecule has 1 spiro atoms. The standard InChI is InChI=1S/C24H26F2N6O2/c1-14-18(11-21(25)26)19-10-15(12-27-22(19)29-14)17-4-7-32-20(17)13-28-23(31-32)30-16-2-5-24(6-3-16)33-8-9-34-24/h4,7,10,12-13,16,18,21H,2-3,5-6,8-9,11H2,1H3,(H,30,31)/t18-/m1/s1. The van der Waals surface area contributed by atoms with E-state index in [-0.39, 0.29) is 18.2 Å². The number of nitrogens with one attached hydrogen (secondary N) is 1. The molecule has 1 aliphatic carbocycles. The quantitative estimate of drug-likeness (QED) is 0.583. The number of alkyl halides is 2. The van der Waals surface area contributed by atoms with Crippen LogP contribution in [0.5, 0.6) is 0 Å². The van der Waals surface area contributed by atoms with Crippen LogP contribution in [0.15, 0.2) is 35.7 Å². The summed E-state index contributed by atoms with van der Waals surface area (Å²) in [6.07, 6.45) is 6.33. The van der Waals surface area contributed by atoms with Gasteiger partial charge in [0.05, 0.1) is 24.9 Å². The Morgan fingerprint density at radius 1 is 1.18 bits per heavy atom. The maximum atomic E-state index is 13.1. The lowest BCUT2D eigenvalue weighted by Gasteiger charge is -2.35. The van der Waals surface area contributed by atoms with Crippen LogP contribution in [0.4, 0.5) is 20.5 Å². The molecule has 1 N–H and O–H groups in total. The molecule has 6 rings (SSSR count). The lowest BCUT2D eigenvalue weighted by atomic mass is 9.90. The van der Waals surface area contributed by atoms with Crippen LogP contribution in [-0.4, -0.2) is 56.8 Å². The lowest BCUT2D eigenvalue weighted by molar-refractivity contribution is -0.177. The molecule has 2 aliphatic heterocycles.